The molecule has 0 saturated heterocycles. The van der Waals surface area contributed by atoms with Crippen LogP contribution in [0.1, 0.15) is 23.6 Å². The zero-order chi connectivity index (χ0) is 13.8. The van der Waals surface area contributed by atoms with Crippen LogP contribution in [-0.2, 0) is 11.3 Å². The zero-order valence-electron chi connectivity index (χ0n) is 11.6. The standard InChI is InChI=1S/C16H18N2O/c1-12-7-13(2)9-16(8-12)18(14(3)19)11-15-5-4-6-17-10-15/h4-10H,11H2,1-3H3. The van der Waals surface area contributed by atoms with Gasteiger partial charge in [-0.3, -0.25) is 9.78 Å². The number of pyridine rings is 1. The molecule has 3 nitrogen and oxygen atoms in total. The number of carbonyl (C=O) groups is 1. The number of amides is 1. The first-order valence-electron chi connectivity index (χ1n) is 6.31. The van der Waals surface area contributed by atoms with E-state index in [4.69, 9.17) is 0 Å². The van der Waals surface area contributed by atoms with Crippen molar-refractivity contribution in [3.8, 4) is 0 Å². The maximum Gasteiger partial charge on any atom is 0.224 e. The van der Waals surface area contributed by atoms with Crippen LogP contribution in [0, 0.1) is 13.8 Å². The van der Waals surface area contributed by atoms with Gasteiger partial charge in [0.05, 0.1) is 6.54 Å². The highest BCUT2D eigenvalue weighted by Crippen LogP contribution is 2.21. The fraction of sp³-hybridized carbons (Fsp3) is 0.250. The lowest BCUT2D eigenvalue weighted by molar-refractivity contribution is -0.116. The molecule has 0 spiro atoms. The smallest absolute Gasteiger partial charge is 0.224 e. The van der Waals surface area contributed by atoms with Crippen LogP contribution in [0.15, 0.2) is 42.7 Å². The molecule has 3 heteroatoms. The van der Waals surface area contributed by atoms with Gasteiger partial charge in [0.2, 0.25) is 5.91 Å². The monoisotopic (exact) mass is 254 g/mol. The first kappa shape index (κ1) is 13.3. The van der Waals surface area contributed by atoms with Crippen LogP contribution in [-0.4, -0.2) is 10.9 Å². The van der Waals surface area contributed by atoms with E-state index in [1.54, 1.807) is 24.2 Å². The maximum atomic E-state index is 11.9. The number of carbonyl (C=O) groups excluding carboxylic acids is 1. The highest BCUT2D eigenvalue weighted by Gasteiger charge is 2.12. The lowest BCUT2D eigenvalue weighted by atomic mass is 10.1. The summed E-state index contributed by atoms with van der Waals surface area (Å²) in [6.45, 7) is 6.22. The molecule has 0 fully saturated rings. The van der Waals surface area contributed by atoms with Crippen molar-refractivity contribution >= 4 is 11.6 Å². The van der Waals surface area contributed by atoms with Crippen molar-refractivity contribution < 1.29 is 4.79 Å². The molecule has 0 saturated carbocycles. The van der Waals surface area contributed by atoms with Gasteiger partial charge in [-0.15, -0.1) is 0 Å². The van der Waals surface area contributed by atoms with Crippen molar-refractivity contribution in [3.05, 3.63) is 59.4 Å². The lowest BCUT2D eigenvalue weighted by Gasteiger charge is -2.22. The Morgan fingerprint density at radius 1 is 1.21 bits per heavy atom. The molecule has 2 rings (SSSR count). The van der Waals surface area contributed by atoms with Crippen LogP contribution < -0.4 is 4.90 Å². The van der Waals surface area contributed by atoms with Crippen LogP contribution in [0.2, 0.25) is 0 Å². The van der Waals surface area contributed by atoms with Gasteiger partial charge in [-0.1, -0.05) is 12.1 Å². The molecule has 98 valence electrons. The molecule has 2 aromatic rings. The summed E-state index contributed by atoms with van der Waals surface area (Å²) in [5, 5.41) is 0. The van der Waals surface area contributed by atoms with E-state index in [9.17, 15) is 4.79 Å². The Labute approximate surface area is 113 Å². The van der Waals surface area contributed by atoms with Gasteiger partial charge in [0, 0.05) is 25.0 Å². The summed E-state index contributed by atoms with van der Waals surface area (Å²) >= 11 is 0. The molecular weight excluding hydrogens is 236 g/mol. The molecule has 1 aromatic heterocycles. The summed E-state index contributed by atoms with van der Waals surface area (Å²) in [6, 6.07) is 10.0. The van der Waals surface area contributed by atoms with Gasteiger partial charge < -0.3 is 4.90 Å². The molecule has 0 N–H and O–H groups in total. The summed E-state index contributed by atoms with van der Waals surface area (Å²) in [5.74, 6) is 0.0360. The normalized spacial score (nSPS) is 10.3. The van der Waals surface area contributed by atoms with Crippen molar-refractivity contribution in [2.75, 3.05) is 4.90 Å². The number of benzene rings is 1. The fourth-order valence-electron chi connectivity index (χ4n) is 2.17. The van der Waals surface area contributed by atoms with Gasteiger partial charge in [0.1, 0.15) is 0 Å². The van der Waals surface area contributed by atoms with Crippen LogP contribution in [0.25, 0.3) is 0 Å². The van der Waals surface area contributed by atoms with E-state index in [0.29, 0.717) is 6.54 Å². The first-order valence-corrected chi connectivity index (χ1v) is 6.31. The fourth-order valence-corrected chi connectivity index (χ4v) is 2.17. The molecule has 0 unspecified atom stereocenters. The Hall–Kier alpha value is -2.16. The summed E-state index contributed by atoms with van der Waals surface area (Å²) < 4.78 is 0. The minimum atomic E-state index is 0.0360. The molecule has 1 heterocycles. The second-order valence-electron chi connectivity index (χ2n) is 4.81. The second kappa shape index (κ2) is 5.65. The molecule has 0 aliphatic carbocycles. The van der Waals surface area contributed by atoms with Crippen LogP contribution in [0.3, 0.4) is 0 Å². The number of rotatable bonds is 3. The van der Waals surface area contributed by atoms with E-state index in [1.165, 1.54) is 0 Å². The molecule has 0 bridgehead atoms. The summed E-state index contributed by atoms with van der Waals surface area (Å²) in [6.07, 6.45) is 3.52. The van der Waals surface area contributed by atoms with Gasteiger partial charge in [-0.2, -0.15) is 0 Å². The highest BCUT2D eigenvalue weighted by atomic mass is 16.2. The molecule has 0 aliphatic rings. The Bertz CT molecular complexity index is 558. The van der Waals surface area contributed by atoms with Crippen LogP contribution >= 0.6 is 0 Å². The van der Waals surface area contributed by atoms with Crippen molar-refractivity contribution in [1.29, 1.82) is 0 Å². The molecule has 0 atom stereocenters. The number of aromatic nitrogens is 1. The maximum absolute atomic E-state index is 11.9. The van der Waals surface area contributed by atoms with E-state index in [2.05, 4.69) is 11.1 Å². The van der Waals surface area contributed by atoms with Crippen LogP contribution in [0.4, 0.5) is 5.69 Å². The third-order valence-corrected chi connectivity index (χ3v) is 2.96. The van der Waals surface area contributed by atoms with Crippen molar-refractivity contribution in [1.82, 2.24) is 4.98 Å². The minimum absolute atomic E-state index is 0.0360. The zero-order valence-corrected chi connectivity index (χ0v) is 11.6. The van der Waals surface area contributed by atoms with Crippen LogP contribution in [0.5, 0.6) is 0 Å². The molecular formula is C16H18N2O. The Morgan fingerprint density at radius 3 is 2.42 bits per heavy atom. The van der Waals surface area contributed by atoms with E-state index >= 15 is 0 Å². The predicted octanol–water partition coefficient (Wildman–Crippen LogP) is 3.25. The third kappa shape index (κ3) is 3.41. The molecule has 0 aliphatic heterocycles. The van der Waals surface area contributed by atoms with Crippen molar-refractivity contribution in [2.24, 2.45) is 0 Å². The SMILES string of the molecule is CC(=O)N(Cc1cccnc1)c1cc(C)cc(C)c1. The number of aryl methyl sites for hydroxylation is 2. The predicted molar refractivity (Wildman–Crippen MR) is 77.0 cm³/mol. The van der Waals surface area contributed by atoms with E-state index in [0.717, 1.165) is 22.4 Å². The van der Waals surface area contributed by atoms with Gasteiger partial charge in [-0.05, 0) is 48.7 Å². The number of hydrogen-bond donors (Lipinski definition) is 0. The van der Waals surface area contributed by atoms with E-state index in [1.807, 2.05) is 38.1 Å². The Morgan fingerprint density at radius 2 is 1.89 bits per heavy atom. The summed E-state index contributed by atoms with van der Waals surface area (Å²) in [7, 11) is 0. The topological polar surface area (TPSA) is 33.2 Å². The summed E-state index contributed by atoms with van der Waals surface area (Å²) in [4.78, 5) is 17.7. The van der Waals surface area contributed by atoms with Gasteiger partial charge in [-0.25, -0.2) is 0 Å². The van der Waals surface area contributed by atoms with Crippen molar-refractivity contribution in [3.63, 3.8) is 0 Å². The average Bonchev–Trinajstić information content (AvgIpc) is 2.35. The Balaban J connectivity index is 2.32. The second-order valence-corrected chi connectivity index (χ2v) is 4.81. The average molecular weight is 254 g/mol. The van der Waals surface area contributed by atoms with Gasteiger partial charge in [0.15, 0.2) is 0 Å². The third-order valence-electron chi connectivity index (χ3n) is 2.96. The lowest BCUT2D eigenvalue weighted by Crippen LogP contribution is -2.28. The molecule has 1 amide bonds. The number of anilines is 1. The van der Waals surface area contributed by atoms with Crippen molar-refractivity contribution in [2.45, 2.75) is 27.3 Å². The Kier molecular flexibility index (Phi) is 3.95. The molecule has 19 heavy (non-hydrogen) atoms. The minimum Gasteiger partial charge on any atom is -0.308 e. The van der Waals surface area contributed by atoms with E-state index < -0.39 is 0 Å². The number of hydrogen-bond acceptors (Lipinski definition) is 2. The first-order chi connectivity index (χ1) is 9.06. The quantitative estimate of drug-likeness (QED) is 0.842. The molecule has 0 radical (unpaired) electrons. The largest absolute Gasteiger partial charge is 0.308 e. The van der Waals surface area contributed by atoms with Gasteiger partial charge in [0.25, 0.3) is 0 Å². The number of nitrogens with zero attached hydrogens (tertiary/aromatic N) is 2. The summed E-state index contributed by atoms with van der Waals surface area (Å²) in [5.41, 5.74) is 4.28. The van der Waals surface area contributed by atoms with Gasteiger partial charge >= 0.3 is 0 Å². The highest BCUT2D eigenvalue weighted by molar-refractivity contribution is 5.91. The molecule has 1 aromatic carbocycles. The van der Waals surface area contributed by atoms with E-state index in [-0.39, 0.29) is 5.91 Å².